The van der Waals surface area contributed by atoms with E-state index in [2.05, 4.69) is 15.0 Å². The predicted octanol–water partition coefficient (Wildman–Crippen LogP) is 2.30. The second-order valence-corrected chi connectivity index (χ2v) is 9.01. The van der Waals surface area contributed by atoms with Gasteiger partial charge in [0, 0.05) is 34.2 Å². The molecule has 2 aromatic carbocycles. The molecule has 1 N–H and O–H groups in total. The predicted molar refractivity (Wildman–Crippen MR) is 139 cm³/mol. The molecule has 37 heavy (non-hydrogen) atoms. The van der Waals surface area contributed by atoms with Gasteiger partial charge >= 0.3 is 5.69 Å². The van der Waals surface area contributed by atoms with Crippen LogP contribution in [0.15, 0.2) is 70.4 Å². The van der Waals surface area contributed by atoms with E-state index in [0.29, 0.717) is 41.0 Å². The number of amides is 2. The number of nitrogens with one attached hydrogen (secondary N) is 1. The lowest BCUT2D eigenvalue weighted by atomic mass is 10.1. The third-order valence-corrected chi connectivity index (χ3v) is 6.84. The Hall–Kier alpha value is -4.86. The Morgan fingerprint density at radius 2 is 1.65 bits per heavy atom. The Morgan fingerprint density at radius 3 is 2.41 bits per heavy atom. The third kappa shape index (κ3) is 3.74. The number of pyridine rings is 1. The molecule has 1 aliphatic heterocycles. The monoisotopic (exact) mass is 496 g/mol. The first kappa shape index (κ1) is 22.6. The lowest BCUT2D eigenvalue weighted by molar-refractivity contribution is 0.0655. The maximum Gasteiger partial charge on any atom is 0.326 e. The fourth-order valence-electron chi connectivity index (χ4n) is 4.85. The first-order chi connectivity index (χ1) is 17.9. The topological polar surface area (TPSA) is 123 Å². The van der Waals surface area contributed by atoms with Crippen LogP contribution in [0.25, 0.3) is 22.1 Å². The molecule has 10 nitrogen and oxygen atoms in total. The summed E-state index contributed by atoms with van der Waals surface area (Å²) in [5.74, 6) is -0.251. The van der Waals surface area contributed by atoms with E-state index in [0.717, 1.165) is 16.6 Å². The highest BCUT2D eigenvalue weighted by atomic mass is 16.2. The number of aromatic nitrogens is 5. The molecule has 3 aromatic heterocycles. The van der Waals surface area contributed by atoms with Crippen molar-refractivity contribution < 1.29 is 11.0 Å². The fourth-order valence-corrected chi connectivity index (χ4v) is 4.85. The van der Waals surface area contributed by atoms with Gasteiger partial charge in [0.15, 0.2) is 5.65 Å². The molecule has 4 heterocycles. The number of carbonyl (C=O) groups is 2. The zero-order chi connectivity index (χ0) is 25.7. The van der Waals surface area contributed by atoms with Crippen molar-refractivity contribution in [3.8, 4) is 0 Å². The van der Waals surface area contributed by atoms with Gasteiger partial charge in [-0.15, -0.1) is 0 Å². The molecule has 0 aliphatic carbocycles. The summed E-state index contributed by atoms with van der Waals surface area (Å²) in [7, 11) is 1.70. The second kappa shape index (κ2) is 8.66. The van der Waals surface area contributed by atoms with Crippen LogP contribution in [0.1, 0.15) is 33.5 Å². The summed E-state index contributed by atoms with van der Waals surface area (Å²) >= 11 is 0. The molecule has 0 spiro atoms. The summed E-state index contributed by atoms with van der Waals surface area (Å²) in [5, 5.41) is 0.398. The number of rotatable bonds is 6. The van der Waals surface area contributed by atoms with Gasteiger partial charge in [-0.1, -0.05) is 18.2 Å². The van der Waals surface area contributed by atoms with E-state index in [1.54, 1.807) is 58.8 Å². The fraction of sp³-hybridized carbons (Fsp3) is 0.185. The molecular formula is C27H24N6O4. The summed E-state index contributed by atoms with van der Waals surface area (Å²) < 4.78 is 3.13. The molecule has 2 amide bonds. The summed E-state index contributed by atoms with van der Waals surface area (Å²) in [6.45, 7) is 0.422. The number of imide groups is 1. The van der Waals surface area contributed by atoms with E-state index in [-0.39, 0.29) is 37.5 Å². The van der Waals surface area contributed by atoms with Gasteiger partial charge in [-0.2, -0.15) is 0 Å². The third-order valence-electron chi connectivity index (χ3n) is 6.84. The molecule has 0 fully saturated rings. The number of H-pyrrole nitrogens is 1. The SMILES string of the molecule is Cn1c(=O)[nH]c2cc(CCn3c(CCN4C(=O)c5ccccc5C4=O)nc4ncccc4c3=O)ccc21.[HH]. The minimum absolute atomic E-state index is 0. The number of aryl methyl sites for hydroxylation is 2. The lowest BCUT2D eigenvalue weighted by Gasteiger charge is -2.17. The van der Waals surface area contributed by atoms with Crippen LogP contribution in [0, 0.1) is 0 Å². The van der Waals surface area contributed by atoms with Gasteiger partial charge in [-0.3, -0.25) is 28.4 Å². The number of imidazole rings is 1. The molecular weight excluding hydrogens is 472 g/mol. The molecule has 1 aliphatic rings. The van der Waals surface area contributed by atoms with Crippen LogP contribution in [0.3, 0.4) is 0 Å². The number of nitrogens with zero attached hydrogens (tertiary/aromatic N) is 5. The van der Waals surface area contributed by atoms with Gasteiger partial charge in [0.05, 0.1) is 27.5 Å². The Kier molecular flexibility index (Phi) is 5.29. The first-order valence-electron chi connectivity index (χ1n) is 11.9. The Labute approximate surface area is 211 Å². The van der Waals surface area contributed by atoms with Crippen LogP contribution in [-0.4, -0.2) is 47.3 Å². The standard InChI is InChI=1S/C27H22N6O4.H2/c1-31-21-9-8-16(15-20(21)29-27(31)37)10-13-32-22(30-23-19(26(32)36)7-4-12-28-23)11-14-33-24(34)17-5-2-3-6-18(17)25(33)35;/h2-9,12,15H,10-11,13-14H2,1H3,(H,29,37);1H. The normalized spacial score (nSPS) is 13.2. The molecule has 0 unspecified atom stereocenters. The van der Waals surface area contributed by atoms with Gasteiger partial charge in [0.2, 0.25) is 0 Å². The van der Waals surface area contributed by atoms with E-state index < -0.39 is 0 Å². The van der Waals surface area contributed by atoms with Crippen LogP contribution >= 0.6 is 0 Å². The van der Waals surface area contributed by atoms with E-state index in [4.69, 9.17) is 0 Å². The van der Waals surface area contributed by atoms with Gasteiger partial charge in [-0.05, 0) is 48.4 Å². The molecule has 5 aromatic rings. The zero-order valence-electron chi connectivity index (χ0n) is 20.0. The Balaban J connectivity index is 0.00000294. The van der Waals surface area contributed by atoms with Crippen LogP contribution in [0.4, 0.5) is 0 Å². The number of hydrogen-bond donors (Lipinski definition) is 1. The molecule has 6 rings (SSSR count). The molecule has 0 saturated heterocycles. The van der Waals surface area contributed by atoms with Gasteiger partial charge in [-0.25, -0.2) is 14.8 Å². The maximum atomic E-state index is 13.4. The molecule has 186 valence electrons. The molecule has 0 saturated carbocycles. The summed E-state index contributed by atoms with van der Waals surface area (Å²) in [4.78, 5) is 63.9. The van der Waals surface area contributed by atoms with Crippen LogP contribution in [0.5, 0.6) is 0 Å². The van der Waals surface area contributed by atoms with E-state index >= 15 is 0 Å². The summed E-state index contributed by atoms with van der Waals surface area (Å²) in [6, 6.07) is 15.8. The largest absolute Gasteiger partial charge is 0.326 e. The number of fused-ring (bicyclic) bond motifs is 3. The van der Waals surface area contributed by atoms with Crippen molar-refractivity contribution in [1.82, 2.24) is 29.0 Å². The summed E-state index contributed by atoms with van der Waals surface area (Å²) in [5.41, 5.74) is 3.13. The Morgan fingerprint density at radius 1 is 0.892 bits per heavy atom. The minimum atomic E-state index is -0.349. The molecule has 10 heteroatoms. The number of aromatic amines is 1. The number of hydrogen-bond acceptors (Lipinski definition) is 6. The molecule has 0 bridgehead atoms. The van der Waals surface area contributed by atoms with Crippen LogP contribution in [-0.2, 0) is 26.4 Å². The van der Waals surface area contributed by atoms with E-state index in [1.807, 2.05) is 18.2 Å². The van der Waals surface area contributed by atoms with Gasteiger partial charge in [0.25, 0.3) is 17.4 Å². The van der Waals surface area contributed by atoms with Crippen LogP contribution in [0.2, 0.25) is 0 Å². The number of benzene rings is 2. The average Bonchev–Trinajstić information content (AvgIpc) is 3.33. The van der Waals surface area contributed by atoms with Crippen molar-refractivity contribution in [1.29, 1.82) is 0 Å². The first-order valence-corrected chi connectivity index (χ1v) is 11.9. The van der Waals surface area contributed by atoms with E-state index in [9.17, 15) is 19.2 Å². The van der Waals surface area contributed by atoms with Gasteiger partial charge < -0.3 is 4.98 Å². The number of carbonyl (C=O) groups excluding carboxylic acids is 2. The van der Waals surface area contributed by atoms with Crippen molar-refractivity contribution in [2.75, 3.05) is 6.54 Å². The maximum absolute atomic E-state index is 13.4. The average molecular weight is 497 g/mol. The zero-order valence-corrected chi connectivity index (χ0v) is 20.0. The quantitative estimate of drug-likeness (QED) is 0.360. The molecule has 0 radical (unpaired) electrons. The lowest BCUT2D eigenvalue weighted by Crippen LogP contribution is -2.34. The van der Waals surface area contributed by atoms with Crippen molar-refractivity contribution in [2.24, 2.45) is 7.05 Å². The van der Waals surface area contributed by atoms with Gasteiger partial charge in [0.1, 0.15) is 5.82 Å². The summed E-state index contributed by atoms with van der Waals surface area (Å²) in [6.07, 6.45) is 2.29. The van der Waals surface area contributed by atoms with Crippen molar-refractivity contribution >= 4 is 33.9 Å². The van der Waals surface area contributed by atoms with Crippen molar-refractivity contribution in [3.63, 3.8) is 0 Å². The Bertz CT molecular complexity index is 1820. The highest BCUT2D eigenvalue weighted by Crippen LogP contribution is 2.22. The second-order valence-electron chi connectivity index (χ2n) is 9.01. The van der Waals surface area contributed by atoms with Crippen molar-refractivity contribution in [3.05, 3.63) is 104 Å². The van der Waals surface area contributed by atoms with E-state index in [1.165, 1.54) is 4.90 Å². The highest BCUT2D eigenvalue weighted by molar-refractivity contribution is 6.21. The highest BCUT2D eigenvalue weighted by Gasteiger charge is 2.35. The van der Waals surface area contributed by atoms with Crippen molar-refractivity contribution in [2.45, 2.75) is 19.4 Å². The minimum Gasteiger partial charge on any atom is -0.306 e. The molecule has 0 atom stereocenters. The smallest absolute Gasteiger partial charge is 0.306 e. The van der Waals surface area contributed by atoms with Crippen LogP contribution < -0.4 is 11.2 Å².